The molecule has 0 saturated carbocycles. The summed E-state index contributed by atoms with van der Waals surface area (Å²) in [4.78, 5) is 30.7. The second-order valence-electron chi connectivity index (χ2n) is 3.76. The van der Waals surface area contributed by atoms with Gasteiger partial charge >= 0.3 is 5.97 Å². The number of hydrogen-bond donors (Lipinski definition) is 2. The minimum atomic E-state index is -1.29. The largest absolute Gasteiger partial charge is 0.476 e. The number of anilines is 1. The van der Waals surface area contributed by atoms with Crippen LogP contribution in [0.15, 0.2) is 24.5 Å². The lowest BCUT2D eigenvalue weighted by molar-refractivity contribution is 0.0691. The number of halogens is 3. The van der Waals surface area contributed by atoms with E-state index in [1.54, 1.807) is 0 Å². The van der Waals surface area contributed by atoms with E-state index in [9.17, 15) is 9.59 Å². The first kappa shape index (κ1) is 15.9. The van der Waals surface area contributed by atoms with Crippen LogP contribution in [-0.2, 0) is 0 Å². The quantitative estimate of drug-likeness (QED) is 0.567. The SMILES string of the molecule is O=C(Nc1nccnc1C(=O)O)c1cc(Cl)cc(Cl)c1I. The van der Waals surface area contributed by atoms with Crippen LogP contribution in [0.2, 0.25) is 10.0 Å². The van der Waals surface area contributed by atoms with E-state index < -0.39 is 11.9 Å². The number of hydrogen-bond acceptors (Lipinski definition) is 4. The van der Waals surface area contributed by atoms with E-state index in [-0.39, 0.29) is 17.1 Å². The standard InChI is InChI=1S/C12H6Cl2IN3O3/c13-5-3-6(8(15)7(14)4-5)11(19)18-10-9(12(20)21)16-1-2-17-10/h1-4H,(H,20,21)(H,17,18,19). The first-order valence-corrected chi connectivity index (χ1v) is 7.24. The van der Waals surface area contributed by atoms with Crippen LogP contribution < -0.4 is 5.32 Å². The molecular formula is C12H6Cl2IN3O3. The average Bonchev–Trinajstić information content (AvgIpc) is 2.43. The van der Waals surface area contributed by atoms with Crippen molar-refractivity contribution >= 4 is 63.5 Å². The maximum Gasteiger partial charge on any atom is 0.358 e. The number of benzene rings is 1. The van der Waals surface area contributed by atoms with Gasteiger partial charge < -0.3 is 10.4 Å². The molecule has 1 heterocycles. The Labute approximate surface area is 142 Å². The third-order valence-electron chi connectivity index (χ3n) is 2.37. The Morgan fingerprint density at radius 2 is 1.86 bits per heavy atom. The summed E-state index contributed by atoms with van der Waals surface area (Å²) in [7, 11) is 0. The summed E-state index contributed by atoms with van der Waals surface area (Å²) in [6.07, 6.45) is 2.50. The van der Waals surface area contributed by atoms with E-state index in [1.165, 1.54) is 24.5 Å². The van der Waals surface area contributed by atoms with Gasteiger partial charge in [0.05, 0.1) is 10.6 Å². The van der Waals surface area contributed by atoms with E-state index in [0.717, 1.165) is 0 Å². The predicted octanol–water partition coefficient (Wildman–Crippen LogP) is 3.34. The maximum atomic E-state index is 12.2. The van der Waals surface area contributed by atoms with Gasteiger partial charge in [-0.3, -0.25) is 4.79 Å². The average molecular weight is 438 g/mol. The van der Waals surface area contributed by atoms with Crippen molar-refractivity contribution in [1.82, 2.24) is 9.97 Å². The molecule has 1 aromatic heterocycles. The molecule has 108 valence electrons. The van der Waals surface area contributed by atoms with E-state index in [2.05, 4.69) is 15.3 Å². The van der Waals surface area contributed by atoms with Gasteiger partial charge in [-0.05, 0) is 34.7 Å². The minimum Gasteiger partial charge on any atom is -0.476 e. The smallest absolute Gasteiger partial charge is 0.358 e. The van der Waals surface area contributed by atoms with E-state index in [1.807, 2.05) is 22.6 Å². The molecule has 6 nitrogen and oxygen atoms in total. The third-order valence-corrected chi connectivity index (χ3v) is 4.37. The number of aromatic carboxylic acids is 1. The fraction of sp³-hybridized carbons (Fsp3) is 0. The van der Waals surface area contributed by atoms with Crippen molar-refractivity contribution in [3.63, 3.8) is 0 Å². The van der Waals surface area contributed by atoms with Crippen LogP contribution >= 0.6 is 45.8 Å². The third kappa shape index (κ3) is 3.60. The highest BCUT2D eigenvalue weighted by Crippen LogP contribution is 2.27. The van der Waals surface area contributed by atoms with Crippen LogP contribution in [0.4, 0.5) is 5.82 Å². The molecule has 0 aliphatic heterocycles. The Morgan fingerprint density at radius 1 is 1.19 bits per heavy atom. The topological polar surface area (TPSA) is 92.2 Å². The van der Waals surface area contributed by atoms with Gasteiger partial charge in [-0.25, -0.2) is 14.8 Å². The molecule has 2 N–H and O–H groups in total. The van der Waals surface area contributed by atoms with Gasteiger partial charge in [-0.15, -0.1) is 0 Å². The van der Waals surface area contributed by atoms with Crippen LogP contribution in [0.25, 0.3) is 0 Å². The molecule has 0 spiro atoms. The molecule has 2 aromatic rings. The molecule has 21 heavy (non-hydrogen) atoms. The number of carboxylic acids is 1. The minimum absolute atomic E-state index is 0.151. The molecule has 2 rings (SSSR count). The summed E-state index contributed by atoms with van der Waals surface area (Å²) in [6, 6.07) is 2.94. The fourth-order valence-corrected chi connectivity index (χ4v) is 2.53. The van der Waals surface area contributed by atoms with Crippen molar-refractivity contribution in [2.45, 2.75) is 0 Å². The van der Waals surface area contributed by atoms with E-state index >= 15 is 0 Å². The summed E-state index contributed by atoms with van der Waals surface area (Å²) in [5, 5.41) is 12.0. The molecule has 0 aliphatic carbocycles. The Morgan fingerprint density at radius 3 is 2.52 bits per heavy atom. The lowest BCUT2D eigenvalue weighted by Gasteiger charge is -2.09. The summed E-state index contributed by atoms with van der Waals surface area (Å²) >= 11 is 13.7. The van der Waals surface area contributed by atoms with Crippen molar-refractivity contribution in [3.05, 3.63) is 49.4 Å². The van der Waals surface area contributed by atoms with E-state index in [4.69, 9.17) is 28.3 Å². The van der Waals surface area contributed by atoms with Gasteiger partial charge in [0.2, 0.25) is 0 Å². The molecule has 0 unspecified atom stereocenters. The molecule has 1 amide bonds. The molecule has 0 radical (unpaired) electrons. The van der Waals surface area contributed by atoms with Gasteiger partial charge in [0, 0.05) is 21.0 Å². The summed E-state index contributed by atoms with van der Waals surface area (Å²) < 4.78 is 0.497. The number of amides is 1. The second-order valence-corrected chi connectivity index (χ2v) is 5.68. The Balaban J connectivity index is 2.38. The maximum absolute atomic E-state index is 12.2. The van der Waals surface area contributed by atoms with E-state index in [0.29, 0.717) is 13.6 Å². The van der Waals surface area contributed by atoms with Gasteiger partial charge in [0.25, 0.3) is 5.91 Å². The summed E-state index contributed by atoms with van der Waals surface area (Å²) in [6.45, 7) is 0. The second kappa shape index (κ2) is 6.54. The van der Waals surface area contributed by atoms with Crippen molar-refractivity contribution in [2.24, 2.45) is 0 Å². The lowest BCUT2D eigenvalue weighted by atomic mass is 10.2. The van der Waals surface area contributed by atoms with Crippen LogP contribution in [0.1, 0.15) is 20.8 Å². The number of aromatic nitrogens is 2. The molecule has 0 aliphatic rings. The molecule has 1 aromatic carbocycles. The van der Waals surface area contributed by atoms with Gasteiger partial charge in [-0.2, -0.15) is 0 Å². The number of carbonyl (C=O) groups excluding carboxylic acids is 1. The van der Waals surface area contributed by atoms with Crippen molar-refractivity contribution < 1.29 is 14.7 Å². The normalized spacial score (nSPS) is 10.2. The number of carbonyl (C=O) groups is 2. The highest BCUT2D eigenvalue weighted by atomic mass is 127. The summed E-state index contributed by atoms with van der Waals surface area (Å²) in [5.41, 5.74) is -0.135. The first-order chi connectivity index (χ1) is 9.90. The van der Waals surface area contributed by atoms with Crippen LogP contribution in [0.3, 0.4) is 0 Å². The van der Waals surface area contributed by atoms with Gasteiger partial charge in [0.1, 0.15) is 0 Å². The van der Waals surface area contributed by atoms with Crippen LogP contribution in [0, 0.1) is 3.57 Å². The van der Waals surface area contributed by atoms with Crippen molar-refractivity contribution in [1.29, 1.82) is 0 Å². The molecule has 0 fully saturated rings. The van der Waals surface area contributed by atoms with Crippen molar-refractivity contribution in [3.8, 4) is 0 Å². The lowest BCUT2D eigenvalue weighted by Crippen LogP contribution is -2.18. The number of rotatable bonds is 3. The van der Waals surface area contributed by atoms with Crippen LogP contribution in [-0.4, -0.2) is 27.0 Å². The molecule has 0 bridgehead atoms. The molecule has 9 heteroatoms. The number of carboxylic acid groups (broad SMARTS) is 1. The summed E-state index contributed by atoms with van der Waals surface area (Å²) in [5.74, 6) is -2.02. The Hall–Kier alpha value is -1.45. The molecule has 0 atom stereocenters. The Bertz CT molecular complexity index is 740. The monoisotopic (exact) mass is 437 g/mol. The number of nitrogens with one attached hydrogen (secondary N) is 1. The van der Waals surface area contributed by atoms with Gasteiger partial charge in [0.15, 0.2) is 11.5 Å². The zero-order chi connectivity index (χ0) is 15.6. The molecule has 0 saturated heterocycles. The zero-order valence-corrected chi connectivity index (χ0v) is 13.8. The highest BCUT2D eigenvalue weighted by molar-refractivity contribution is 14.1. The van der Waals surface area contributed by atoms with Gasteiger partial charge in [-0.1, -0.05) is 23.2 Å². The highest BCUT2D eigenvalue weighted by Gasteiger charge is 2.19. The zero-order valence-electron chi connectivity index (χ0n) is 10.1. The predicted molar refractivity (Wildman–Crippen MR) is 86.1 cm³/mol. The first-order valence-electron chi connectivity index (χ1n) is 5.40. The Kier molecular flexibility index (Phi) is 4.96. The van der Waals surface area contributed by atoms with Crippen LogP contribution in [0.5, 0.6) is 0 Å². The van der Waals surface area contributed by atoms with Crippen molar-refractivity contribution in [2.75, 3.05) is 5.32 Å². The fourth-order valence-electron chi connectivity index (χ4n) is 1.48. The molecular weight excluding hydrogens is 432 g/mol. The number of nitrogens with zero attached hydrogens (tertiary/aromatic N) is 2.